The van der Waals surface area contributed by atoms with Gasteiger partial charge in [0.05, 0.1) is 13.7 Å². The van der Waals surface area contributed by atoms with Crippen LogP contribution in [0.2, 0.25) is 0 Å². The van der Waals surface area contributed by atoms with Crippen LogP contribution in [0.1, 0.15) is 18.9 Å². The van der Waals surface area contributed by atoms with Gasteiger partial charge >= 0.3 is 5.97 Å². The molecule has 5 heteroatoms. The second-order valence-electron chi connectivity index (χ2n) is 4.15. The van der Waals surface area contributed by atoms with Crippen LogP contribution < -0.4 is 5.32 Å². The van der Waals surface area contributed by atoms with E-state index < -0.39 is 17.3 Å². The molecule has 0 saturated heterocycles. The topological polar surface area (TPSA) is 47.6 Å². The van der Waals surface area contributed by atoms with Gasteiger partial charge in [-0.2, -0.15) is 0 Å². The molecule has 0 aliphatic heterocycles. The highest BCUT2D eigenvalue weighted by Gasteiger charge is 2.41. The SMILES string of the molecule is CCC(NCCOC)(C(=O)OC)c1ccccc1F. The summed E-state index contributed by atoms with van der Waals surface area (Å²) in [5.74, 6) is -0.934. The van der Waals surface area contributed by atoms with Crippen molar-refractivity contribution in [2.75, 3.05) is 27.4 Å². The summed E-state index contributed by atoms with van der Waals surface area (Å²) >= 11 is 0. The molecule has 1 atom stereocenters. The van der Waals surface area contributed by atoms with Crippen molar-refractivity contribution in [3.63, 3.8) is 0 Å². The summed E-state index contributed by atoms with van der Waals surface area (Å²) in [7, 11) is 2.86. The van der Waals surface area contributed by atoms with Crippen molar-refractivity contribution < 1.29 is 18.7 Å². The second-order valence-corrected chi connectivity index (χ2v) is 4.15. The zero-order valence-corrected chi connectivity index (χ0v) is 11.5. The Labute approximate surface area is 112 Å². The third-order valence-electron chi connectivity index (χ3n) is 3.13. The molecule has 0 aliphatic carbocycles. The van der Waals surface area contributed by atoms with Crippen molar-refractivity contribution in [2.45, 2.75) is 18.9 Å². The average Bonchev–Trinajstić information content (AvgIpc) is 2.44. The van der Waals surface area contributed by atoms with Gasteiger partial charge in [-0.05, 0) is 12.5 Å². The zero-order valence-electron chi connectivity index (χ0n) is 11.5. The molecule has 0 radical (unpaired) electrons. The number of rotatable bonds is 7. The first kappa shape index (κ1) is 15.6. The number of methoxy groups -OCH3 is 2. The van der Waals surface area contributed by atoms with Gasteiger partial charge in [-0.1, -0.05) is 25.1 Å². The second kappa shape index (κ2) is 7.21. The third kappa shape index (κ3) is 3.30. The van der Waals surface area contributed by atoms with Gasteiger partial charge in [-0.3, -0.25) is 5.32 Å². The van der Waals surface area contributed by atoms with Crippen LogP contribution >= 0.6 is 0 Å². The van der Waals surface area contributed by atoms with Gasteiger partial charge < -0.3 is 9.47 Å². The van der Waals surface area contributed by atoms with E-state index in [1.54, 1.807) is 25.3 Å². The van der Waals surface area contributed by atoms with Crippen molar-refractivity contribution in [1.29, 1.82) is 0 Å². The fourth-order valence-corrected chi connectivity index (χ4v) is 2.09. The quantitative estimate of drug-likeness (QED) is 0.606. The van der Waals surface area contributed by atoms with Gasteiger partial charge in [-0.25, -0.2) is 9.18 Å². The van der Waals surface area contributed by atoms with Gasteiger partial charge in [0.15, 0.2) is 0 Å². The summed E-state index contributed by atoms with van der Waals surface area (Å²) in [4.78, 5) is 12.1. The Balaban J connectivity index is 3.16. The van der Waals surface area contributed by atoms with E-state index in [1.807, 2.05) is 6.92 Å². The van der Waals surface area contributed by atoms with E-state index in [0.717, 1.165) is 0 Å². The van der Waals surface area contributed by atoms with Gasteiger partial charge in [0.2, 0.25) is 0 Å². The lowest BCUT2D eigenvalue weighted by molar-refractivity contribution is -0.149. The maximum atomic E-state index is 14.0. The van der Waals surface area contributed by atoms with Crippen molar-refractivity contribution >= 4 is 5.97 Å². The monoisotopic (exact) mass is 269 g/mol. The highest BCUT2D eigenvalue weighted by atomic mass is 19.1. The van der Waals surface area contributed by atoms with Crippen molar-refractivity contribution in [3.8, 4) is 0 Å². The number of carbonyl (C=O) groups excluding carboxylic acids is 1. The molecule has 0 spiro atoms. The summed E-state index contributed by atoms with van der Waals surface area (Å²) in [6, 6.07) is 6.21. The van der Waals surface area contributed by atoms with E-state index in [-0.39, 0.29) is 0 Å². The van der Waals surface area contributed by atoms with Crippen LogP contribution in [-0.4, -0.2) is 33.3 Å². The van der Waals surface area contributed by atoms with Crippen LogP contribution in [0, 0.1) is 5.82 Å². The minimum Gasteiger partial charge on any atom is -0.467 e. The lowest BCUT2D eigenvalue weighted by Gasteiger charge is -2.31. The first-order valence-corrected chi connectivity index (χ1v) is 6.19. The molecule has 0 aliphatic rings. The normalized spacial score (nSPS) is 13.9. The number of hydrogen-bond donors (Lipinski definition) is 1. The van der Waals surface area contributed by atoms with Crippen LogP contribution in [0.5, 0.6) is 0 Å². The zero-order chi connectivity index (χ0) is 14.3. The standard InChI is InChI=1S/C14H20FNO3/c1-4-14(13(17)19-3,16-9-10-18-2)11-7-5-6-8-12(11)15/h5-8,16H,4,9-10H2,1-3H3. The van der Waals surface area contributed by atoms with Crippen LogP contribution in [0.15, 0.2) is 24.3 Å². The molecule has 0 aromatic heterocycles. The summed E-state index contributed by atoms with van der Waals surface area (Å²) < 4.78 is 23.8. The van der Waals surface area contributed by atoms with E-state index in [4.69, 9.17) is 9.47 Å². The molecule has 19 heavy (non-hydrogen) atoms. The molecule has 0 heterocycles. The Morgan fingerprint density at radius 2 is 2.05 bits per heavy atom. The largest absolute Gasteiger partial charge is 0.467 e. The Morgan fingerprint density at radius 3 is 2.58 bits per heavy atom. The molecule has 0 fully saturated rings. The lowest BCUT2D eigenvalue weighted by Crippen LogP contribution is -2.51. The van der Waals surface area contributed by atoms with Gasteiger partial charge in [0, 0.05) is 19.2 Å². The predicted octanol–water partition coefficient (Wildman–Crippen LogP) is 1.84. The molecule has 1 aromatic rings. The number of hydrogen-bond acceptors (Lipinski definition) is 4. The fourth-order valence-electron chi connectivity index (χ4n) is 2.09. The van der Waals surface area contributed by atoms with E-state index in [2.05, 4.69) is 5.32 Å². The van der Waals surface area contributed by atoms with E-state index >= 15 is 0 Å². The highest BCUT2D eigenvalue weighted by Crippen LogP contribution is 2.28. The summed E-state index contributed by atoms with van der Waals surface area (Å²) in [6.45, 7) is 2.66. The van der Waals surface area contributed by atoms with Gasteiger partial charge in [0.25, 0.3) is 0 Å². The highest BCUT2D eigenvalue weighted by molar-refractivity contribution is 5.82. The number of ether oxygens (including phenoxy) is 2. The summed E-state index contributed by atoms with van der Waals surface area (Å²) in [5.41, 5.74) is -0.890. The molecular formula is C14H20FNO3. The Hall–Kier alpha value is -1.46. The van der Waals surface area contributed by atoms with Crippen LogP contribution in [-0.2, 0) is 19.8 Å². The summed E-state index contributed by atoms with van der Waals surface area (Å²) in [6.07, 6.45) is 0.379. The average molecular weight is 269 g/mol. The van der Waals surface area contributed by atoms with E-state index in [9.17, 15) is 9.18 Å². The smallest absolute Gasteiger partial charge is 0.330 e. The van der Waals surface area contributed by atoms with Gasteiger partial charge in [0.1, 0.15) is 11.4 Å². The minimum absolute atomic E-state index is 0.292. The van der Waals surface area contributed by atoms with E-state index in [1.165, 1.54) is 13.2 Å². The molecule has 1 rings (SSSR count). The molecule has 1 unspecified atom stereocenters. The van der Waals surface area contributed by atoms with Crippen molar-refractivity contribution in [1.82, 2.24) is 5.32 Å². The number of halogens is 1. The fraction of sp³-hybridized carbons (Fsp3) is 0.500. The Morgan fingerprint density at radius 1 is 1.37 bits per heavy atom. The van der Waals surface area contributed by atoms with Crippen molar-refractivity contribution in [2.24, 2.45) is 0 Å². The molecule has 4 nitrogen and oxygen atoms in total. The van der Waals surface area contributed by atoms with E-state index in [0.29, 0.717) is 25.1 Å². The molecule has 0 bridgehead atoms. The van der Waals surface area contributed by atoms with Crippen LogP contribution in [0.4, 0.5) is 4.39 Å². The third-order valence-corrected chi connectivity index (χ3v) is 3.13. The molecule has 1 aromatic carbocycles. The lowest BCUT2D eigenvalue weighted by atomic mass is 9.86. The number of nitrogens with one attached hydrogen (secondary N) is 1. The summed E-state index contributed by atoms with van der Waals surface area (Å²) in [5, 5.41) is 3.05. The maximum Gasteiger partial charge on any atom is 0.330 e. The minimum atomic E-state index is -1.18. The number of benzene rings is 1. The van der Waals surface area contributed by atoms with Crippen LogP contribution in [0.3, 0.4) is 0 Å². The number of carbonyl (C=O) groups is 1. The molecule has 0 amide bonds. The molecule has 0 saturated carbocycles. The predicted molar refractivity (Wildman–Crippen MR) is 70.3 cm³/mol. The molecule has 1 N–H and O–H groups in total. The van der Waals surface area contributed by atoms with Crippen molar-refractivity contribution in [3.05, 3.63) is 35.6 Å². The molecular weight excluding hydrogens is 249 g/mol. The number of esters is 1. The first-order chi connectivity index (χ1) is 9.12. The van der Waals surface area contributed by atoms with Gasteiger partial charge in [-0.15, -0.1) is 0 Å². The molecule has 106 valence electrons. The van der Waals surface area contributed by atoms with Crippen LogP contribution in [0.25, 0.3) is 0 Å². The maximum absolute atomic E-state index is 14.0. The first-order valence-electron chi connectivity index (χ1n) is 6.19. The Bertz CT molecular complexity index is 425. The Kier molecular flexibility index (Phi) is 5.92.